The minimum atomic E-state index is 0.263. The number of anilines is 1. The number of hydrogen-bond acceptors (Lipinski definition) is 5. The maximum Gasteiger partial charge on any atom is 0.225 e. The molecule has 5 nitrogen and oxygen atoms in total. The third-order valence-corrected chi connectivity index (χ3v) is 6.01. The lowest BCUT2D eigenvalue weighted by molar-refractivity contribution is -0.118. The number of carbonyl (C=O) groups is 1. The summed E-state index contributed by atoms with van der Waals surface area (Å²) in [5, 5.41) is 3.44. The quantitative estimate of drug-likeness (QED) is 0.506. The van der Waals surface area contributed by atoms with Crippen LogP contribution in [0.3, 0.4) is 0 Å². The fourth-order valence-corrected chi connectivity index (χ4v) is 4.44. The van der Waals surface area contributed by atoms with E-state index in [0.717, 1.165) is 46.7 Å². The third-order valence-electron chi connectivity index (χ3n) is 4.97. The van der Waals surface area contributed by atoms with Crippen molar-refractivity contribution in [1.82, 2.24) is 14.9 Å². The Hall–Kier alpha value is -2.18. The molecule has 1 aliphatic rings. The van der Waals surface area contributed by atoms with Crippen LogP contribution in [-0.2, 0) is 4.79 Å². The lowest BCUT2D eigenvalue weighted by Crippen LogP contribution is -2.46. The van der Waals surface area contributed by atoms with Crippen molar-refractivity contribution in [2.45, 2.75) is 13.8 Å². The molecule has 1 aliphatic heterocycles. The van der Waals surface area contributed by atoms with E-state index < -0.39 is 0 Å². The third kappa shape index (κ3) is 3.04. The van der Waals surface area contributed by atoms with E-state index in [2.05, 4.69) is 52.3 Å². The zero-order valence-electron chi connectivity index (χ0n) is 14.7. The Kier molecular flexibility index (Phi) is 4.54. The summed E-state index contributed by atoms with van der Waals surface area (Å²) in [6.07, 6.45) is 0.908. The van der Waals surface area contributed by atoms with Crippen molar-refractivity contribution in [3.8, 4) is 11.1 Å². The van der Waals surface area contributed by atoms with Crippen LogP contribution in [0.25, 0.3) is 21.3 Å². The molecular weight excluding hydrogens is 368 g/mol. The van der Waals surface area contributed by atoms with Gasteiger partial charge in [0.2, 0.25) is 11.7 Å². The second kappa shape index (κ2) is 6.85. The van der Waals surface area contributed by atoms with E-state index in [-0.39, 0.29) is 5.28 Å². The maximum absolute atomic E-state index is 11.0. The predicted molar refractivity (Wildman–Crippen MR) is 107 cm³/mol. The molecule has 0 N–H and O–H groups in total. The average molecular weight is 387 g/mol. The van der Waals surface area contributed by atoms with Gasteiger partial charge in [-0.3, -0.25) is 4.79 Å². The molecular formula is C19H19ClN4OS. The summed E-state index contributed by atoms with van der Waals surface area (Å²) in [6, 6.07) is 6.50. The monoisotopic (exact) mass is 386 g/mol. The zero-order valence-corrected chi connectivity index (χ0v) is 16.3. The van der Waals surface area contributed by atoms with E-state index in [1.807, 2.05) is 0 Å². The van der Waals surface area contributed by atoms with Crippen LogP contribution in [-0.4, -0.2) is 47.5 Å². The number of halogens is 1. The molecule has 134 valence electrons. The molecule has 1 fully saturated rings. The van der Waals surface area contributed by atoms with Gasteiger partial charge in [0.05, 0.1) is 5.39 Å². The molecule has 26 heavy (non-hydrogen) atoms. The van der Waals surface area contributed by atoms with E-state index >= 15 is 0 Å². The standard InChI is InChI=1S/C19H19ClN4OS/c1-12-3-4-14(9-13(12)2)15-10-26-18-16(15)17(21-19(20)22-18)24-7-5-23(11-25)6-8-24/h3-4,9-11H,5-8H2,1-2H3. The van der Waals surface area contributed by atoms with Crippen LogP contribution in [0.1, 0.15) is 11.1 Å². The Bertz CT molecular complexity index is 979. The number of rotatable bonds is 3. The van der Waals surface area contributed by atoms with Crippen LogP contribution < -0.4 is 4.90 Å². The lowest BCUT2D eigenvalue weighted by Gasteiger charge is -2.33. The number of amides is 1. The number of thiophene rings is 1. The molecule has 0 aliphatic carbocycles. The van der Waals surface area contributed by atoms with Gasteiger partial charge in [-0.15, -0.1) is 11.3 Å². The number of benzene rings is 1. The highest BCUT2D eigenvalue weighted by molar-refractivity contribution is 7.17. The van der Waals surface area contributed by atoms with Crippen LogP contribution in [0.4, 0.5) is 5.82 Å². The van der Waals surface area contributed by atoms with Crippen molar-refractivity contribution < 1.29 is 4.79 Å². The van der Waals surface area contributed by atoms with Crippen molar-refractivity contribution in [1.29, 1.82) is 0 Å². The number of piperazine rings is 1. The van der Waals surface area contributed by atoms with Crippen molar-refractivity contribution in [2.24, 2.45) is 0 Å². The van der Waals surface area contributed by atoms with Crippen molar-refractivity contribution >= 4 is 45.4 Å². The summed E-state index contributed by atoms with van der Waals surface area (Å²) in [4.78, 5) is 24.9. The molecule has 0 bridgehead atoms. The summed E-state index contributed by atoms with van der Waals surface area (Å²) >= 11 is 7.78. The van der Waals surface area contributed by atoms with E-state index in [0.29, 0.717) is 13.1 Å². The van der Waals surface area contributed by atoms with Crippen molar-refractivity contribution in [3.05, 3.63) is 40.0 Å². The van der Waals surface area contributed by atoms with Crippen molar-refractivity contribution in [2.75, 3.05) is 31.1 Å². The molecule has 0 spiro atoms. The van der Waals surface area contributed by atoms with Gasteiger partial charge in [-0.2, -0.15) is 4.98 Å². The van der Waals surface area contributed by atoms with E-state index in [4.69, 9.17) is 11.6 Å². The molecule has 1 saturated heterocycles. The predicted octanol–water partition coefficient (Wildman–Crippen LogP) is 3.91. The van der Waals surface area contributed by atoms with Crippen LogP contribution in [0, 0.1) is 13.8 Å². The topological polar surface area (TPSA) is 49.3 Å². The number of carbonyl (C=O) groups excluding carboxylic acids is 1. The molecule has 0 radical (unpaired) electrons. The van der Waals surface area contributed by atoms with Crippen LogP contribution in [0.15, 0.2) is 23.6 Å². The average Bonchev–Trinajstić information content (AvgIpc) is 3.07. The molecule has 4 rings (SSSR count). The minimum Gasteiger partial charge on any atom is -0.352 e. The van der Waals surface area contributed by atoms with Crippen molar-refractivity contribution in [3.63, 3.8) is 0 Å². The first-order chi connectivity index (χ1) is 12.6. The smallest absolute Gasteiger partial charge is 0.225 e. The molecule has 0 unspecified atom stereocenters. The SMILES string of the molecule is Cc1ccc(-c2csc3nc(Cl)nc(N4CCN(C=O)CC4)c23)cc1C. The Morgan fingerprint density at radius 2 is 1.88 bits per heavy atom. The molecule has 1 amide bonds. The molecule has 2 aromatic heterocycles. The number of aromatic nitrogens is 2. The summed E-state index contributed by atoms with van der Waals surface area (Å²) < 4.78 is 0. The first kappa shape index (κ1) is 17.2. The minimum absolute atomic E-state index is 0.263. The number of nitrogens with zero attached hydrogens (tertiary/aromatic N) is 4. The first-order valence-corrected chi connectivity index (χ1v) is 9.79. The van der Waals surface area contributed by atoms with Gasteiger partial charge in [0, 0.05) is 37.1 Å². The van der Waals surface area contributed by atoms with E-state index in [1.165, 1.54) is 11.1 Å². The van der Waals surface area contributed by atoms with Gasteiger partial charge in [0.15, 0.2) is 0 Å². The highest BCUT2D eigenvalue weighted by Gasteiger charge is 2.23. The highest BCUT2D eigenvalue weighted by Crippen LogP contribution is 2.39. The van der Waals surface area contributed by atoms with Gasteiger partial charge in [0.1, 0.15) is 10.6 Å². The number of aryl methyl sites for hydroxylation is 2. The maximum atomic E-state index is 11.0. The number of hydrogen-bond donors (Lipinski definition) is 0. The van der Waals surface area contributed by atoms with Gasteiger partial charge in [0.25, 0.3) is 0 Å². The summed E-state index contributed by atoms with van der Waals surface area (Å²) in [5.41, 5.74) is 4.84. The van der Waals surface area contributed by atoms with Gasteiger partial charge >= 0.3 is 0 Å². The van der Waals surface area contributed by atoms with Crippen LogP contribution in [0.2, 0.25) is 5.28 Å². The summed E-state index contributed by atoms with van der Waals surface area (Å²) in [5.74, 6) is 0.861. The van der Waals surface area contributed by atoms with Crippen LogP contribution in [0.5, 0.6) is 0 Å². The fourth-order valence-electron chi connectivity index (χ4n) is 3.29. The Labute approximate surface area is 161 Å². The molecule has 7 heteroatoms. The van der Waals surface area contributed by atoms with Crippen LogP contribution >= 0.6 is 22.9 Å². The summed E-state index contributed by atoms with van der Waals surface area (Å²) in [6.45, 7) is 7.10. The lowest BCUT2D eigenvalue weighted by atomic mass is 10.0. The summed E-state index contributed by atoms with van der Waals surface area (Å²) in [7, 11) is 0. The molecule has 3 heterocycles. The van der Waals surface area contributed by atoms with E-state index in [9.17, 15) is 4.79 Å². The Morgan fingerprint density at radius 3 is 2.58 bits per heavy atom. The Morgan fingerprint density at radius 1 is 1.12 bits per heavy atom. The first-order valence-electron chi connectivity index (χ1n) is 8.53. The highest BCUT2D eigenvalue weighted by atomic mass is 35.5. The molecule has 0 saturated carbocycles. The molecule has 1 aromatic carbocycles. The largest absolute Gasteiger partial charge is 0.352 e. The molecule has 0 atom stereocenters. The Balaban J connectivity index is 1.83. The van der Waals surface area contributed by atoms with Gasteiger partial charge in [-0.1, -0.05) is 18.2 Å². The fraction of sp³-hybridized carbons (Fsp3) is 0.316. The zero-order chi connectivity index (χ0) is 18.3. The van der Waals surface area contributed by atoms with Gasteiger partial charge < -0.3 is 9.80 Å². The molecule has 3 aromatic rings. The second-order valence-electron chi connectivity index (χ2n) is 6.57. The second-order valence-corrected chi connectivity index (χ2v) is 7.77. The van der Waals surface area contributed by atoms with Gasteiger partial charge in [-0.05, 0) is 42.1 Å². The van der Waals surface area contributed by atoms with E-state index in [1.54, 1.807) is 16.2 Å². The van der Waals surface area contributed by atoms with Gasteiger partial charge in [-0.25, -0.2) is 4.98 Å². The normalized spacial score (nSPS) is 14.9. The number of fused-ring (bicyclic) bond motifs is 1.